The van der Waals surface area contributed by atoms with E-state index >= 15 is 0 Å². The molecule has 1 amide bonds. The highest BCUT2D eigenvalue weighted by Crippen LogP contribution is 2.17. The maximum Gasteiger partial charge on any atom is 0.220 e. The molecular formula is C18H17N3O2. The maximum absolute atomic E-state index is 11.9. The van der Waals surface area contributed by atoms with Gasteiger partial charge in [0.2, 0.25) is 5.91 Å². The van der Waals surface area contributed by atoms with E-state index < -0.39 is 0 Å². The highest BCUT2D eigenvalue weighted by atomic mass is 16.2. The summed E-state index contributed by atoms with van der Waals surface area (Å²) in [6.07, 6.45) is 5.39. The number of pyridine rings is 1. The van der Waals surface area contributed by atoms with E-state index in [2.05, 4.69) is 15.3 Å². The molecule has 0 saturated heterocycles. The first-order chi connectivity index (χ1) is 11.2. The number of carbonyl (C=O) groups excluding carboxylic acids is 2. The van der Waals surface area contributed by atoms with Crippen LogP contribution in [-0.4, -0.2) is 21.7 Å². The molecule has 5 nitrogen and oxygen atoms in total. The van der Waals surface area contributed by atoms with Crippen LogP contribution in [0.1, 0.15) is 28.8 Å². The Bertz CT molecular complexity index is 824. The summed E-state index contributed by atoms with van der Waals surface area (Å²) in [5.41, 5.74) is 2.62. The first kappa shape index (κ1) is 15.0. The molecule has 1 aromatic carbocycles. The van der Waals surface area contributed by atoms with E-state index in [9.17, 15) is 9.59 Å². The topological polar surface area (TPSA) is 74.8 Å². The van der Waals surface area contributed by atoms with Crippen LogP contribution >= 0.6 is 0 Å². The fourth-order valence-corrected chi connectivity index (χ4v) is 2.46. The Balaban J connectivity index is 1.51. The van der Waals surface area contributed by atoms with Gasteiger partial charge in [-0.2, -0.15) is 0 Å². The van der Waals surface area contributed by atoms with E-state index in [-0.39, 0.29) is 24.5 Å². The highest BCUT2D eigenvalue weighted by Gasteiger charge is 2.10. The molecule has 0 unspecified atom stereocenters. The lowest BCUT2D eigenvalue weighted by Crippen LogP contribution is -2.23. The van der Waals surface area contributed by atoms with Gasteiger partial charge < -0.3 is 10.3 Å². The van der Waals surface area contributed by atoms with Crippen molar-refractivity contribution in [3.8, 4) is 0 Å². The Kier molecular flexibility index (Phi) is 4.47. The van der Waals surface area contributed by atoms with Gasteiger partial charge in [0.15, 0.2) is 5.78 Å². The van der Waals surface area contributed by atoms with Gasteiger partial charge >= 0.3 is 0 Å². The largest absolute Gasteiger partial charge is 0.361 e. The monoisotopic (exact) mass is 307 g/mol. The van der Waals surface area contributed by atoms with Gasteiger partial charge in [0, 0.05) is 54.4 Å². The van der Waals surface area contributed by atoms with Crippen LogP contribution in [0.2, 0.25) is 0 Å². The molecule has 0 saturated carbocycles. The van der Waals surface area contributed by atoms with Crippen LogP contribution in [0.5, 0.6) is 0 Å². The number of aromatic nitrogens is 2. The van der Waals surface area contributed by atoms with Crippen molar-refractivity contribution in [3.05, 3.63) is 66.1 Å². The average molecular weight is 307 g/mol. The van der Waals surface area contributed by atoms with Crippen molar-refractivity contribution in [1.82, 2.24) is 15.3 Å². The number of fused-ring (bicyclic) bond motifs is 1. The number of aromatic amines is 1. The van der Waals surface area contributed by atoms with Crippen molar-refractivity contribution in [1.29, 1.82) is 0 Å². The van der Waals surface area contributed by atoms with Crippen molar-refractivity contribution in [3.63, 3.8) is 0 Å². The van der Waals surface area contributed by atoms with E-state index in [0.717, 1.165) is 16.5 Å². The molecule has 0 aliphatic carbocycles. The number of hydrogen-bond acceptors (Lipinski definition) is 3. The van der Waals surface area contributed by atoms with Crippen LogP contribution in [0, 0.1) is 0 Å². The van der Waals surface area contributed by atoms with Gasteiger partial charge in [-0.3, -0.25) is 14.6 Å². The number of nitrogens with zero attached hydrogens (tertiary/aromatic N) is 1. The van der Waals surface area contributed by atoms with E-state index in [1.54, 1.807) is 18.3 Å². The minimum absolute atomic E-state index is 0.0691. The van der Waals surface area contributed by atoms with Crippen LogP contribution in [-0.2, 0) is 11.3 Å². The number of rotatable bonds is 6. The number of H-pyrrole nitrogens is 1. The van der Waals surface area contributed by atoms with E-state index in [4.69, 9.17) is 0 Å². The second kappa shape index (κ2) is 6.87. The lowest BCUT2D eigenvalue weighted by Gasteiger charge is -2.04. The zero-order valence-corrected chi connectivity index (χ0v) is 12.6. The first-order valence-electron chi connectivity index (χ1n) is 7.49. The summed E-state index contributed by atoms with van der Waals surface area (Å²) >= 11 is 0. The van der Waals surface area contributed by atoms with Gasteiger partial charge in [-0.05, 0) is 23.8 Å². The van der Waals surface area contributed by atoms with E-state index in [0.29, 0.717) is 12.1 Å². The molecule has 23 heavy (non-hydrogen) atoms. The molecule has 0 radical (unpaired) electrons. The van der Waals surface area contributed by atoms with Gasteiger partial charge in [-0.15, -0.1) is 0 Å². The van der Waals surface area contributed by atoms with Crippen molar-refractivity contribution in [2.45, 2.75) is 19.4 Å². The summed E-state index contributed by atoms with van der Waals surface area (Å²) in [5.74, 6) is -0.201. The number of amides is 1. The molecular weight excluding hydrogens is 290 g/mol. The van der Waals surface area contributed by atoms with Crippen molar-refractivity contribution < 1.29 is 9.59 Å². The molecule has 2 N–H and O–H groups in total. The van der Waals surface area contributed by atoms with Crippen LogP contribution in [0.25, 0.3) is 10.9 Å². The third-order valence-corrected chi connectivity index (χ3v) is 3.71. The lowest BCUT2D eigenvalue weighted by atomic mass is 10.1. The van der Waals surface area contributed by atoms with Crippen molar-refractivity contribution >= 4 is 22.6 Å². The standard InChI is InChI=1S/C18H17N3O2/c22-17(13-4-3-9-19-10-13)7-8-18(23)21-12-14-11-20-16-6-2-1-5-15(14)16/h1-6,9-11,20H,7-8,12H2,(H,21,23). The fourth-order valence-electron chi connectivity index (χ4n) is 2.46. The second-order valence-corrected chi connectivity index (χ2v) is 5.30. The van der Waals surface area contributed by atoms with Gasteiger partial charge in [0.05, 0.1) is 0 Å². The SMILES string of the molecule is O=C(CCC(=O)c1cccnc1)NCc1c[nH]c2ccccc12. The van der Waals surface area contributed by atoms with Crippen molar-refractivity contribution in [2.75, 3.05) is 0 Å². The molecule has 2 aromatic heterocycles. The highest BCUT2D eigenvalue weighted by molar-refractivity contribution is 5.97. The summed E-state index contributed by atoms with van der Waals surface area (Å²) in [6.45, 7) is 0.448. The van der Waals surface area contributed by atoms with Crippen LogP contribution in [0.4, 0.5) is 0 Å². The number of Topliss-reactive ketones (excluding diaryl/α,β-unsaturated/α-hetero) is 1. The summed E-state index contributed by atoms with van der Waals surface area (Å²) in [4.78, 5) is 30.9. The minimum Gasteiger partial charge on any atom is -0.361 e. The molecule has 0 fully saturated rings. The van der Waals surface area contributed by atoms with Crippen LogP contribution < -0.4 is 5.32 Å². The first-order valence-corrected chi connectivity index (χ1v) is 7.49. The maximum atomic E-state index is 11.9. The molecule has 0 spiro atoms. The predicted octanol–water partition coefficient (Wildman–Crippen LogP) is 2.84. The summed E-state index contributed by atoms with van der Waals surface area (Å²) < 4.78 is 0. The Morgan fingerprint density at radius 2 is 1.96 bits per heavy atom. The molecule has 3 aromatic rings. The Morgan fingerprint density at radius 1 is 1.09 bits per heavy atom. The lowest BCUT2D eigenvalue weighted by molar-refractivity contribution is -0.121. The van der Waals surface area contributed by atoms with Gasteiger partial charge in [0.25, 0.3) is 0 Å². The molecule has 0 atom stereocenters. The molecule has 0 bridgehead atoms. The Morgan fingerprint density at radius 3 is 2.78 bits per heavy atom. The number of nitrogens with one attached hydrogen (secondary N) is 2. The summed E-state index contributed by atoms with van der Waals surface area (Å²) in [7, 11) is 0. The zero-order chi connectivity index (χ0) is 16.1. The normalized spacial score (nSPS) is 10.6. The van der Waals surface area contributed by atoms with Gasteiger partial charge in [-0.25, -0.2) is 0 Å². The predicted molar refractivity (Wildman–Crippen MR) is 87.9 cm³/mol. The summed E-state index contributed by atoms with van der Waals surface area (Å²) in [5, 5.41) is 3.95. The number of hydrogen-bond donors (Lipinski definition) is 2. The third-order valence-electron chi connectivity index (χ3n) is 3.71. The van der Waals surface area contributed by atoms with E-state index in [1.165, 1.54) is 6.20 Å². The average Bonchev–Trinajstić information content (AvgIpc) is 3.02. The van der Waals surface area contributed by atoms with Crippen LogP contribution in [0.3, 0.4) is 0 Å². The van der Waals surface area contributed by atoms with Gasteiger partial charge in [-0.1, -0.05) is 18.2 Å². The van der Waals surface area contributed by atoms with E-state index in [1.807, 2.05) is 30.5 Å². The van der Waals surface area contributed by atoms with Crippen LogP contribution in [0.15, 0.2) is 55.0 Å². The molecule has 2 heterocycles. The molecule has 3 rings (SSSR count). The molecule has 0 aliphatic heterocycles. The van der Waals surface area contributed by atoms with Gasteiger partial charge in [0.1, 0.15) is 0 Å². The summed E-state index contributed by atoms with van der Waals surface area (Å²) in [6, 6.07) is 11.4. The fraction of sp³-hybridized carbons (Fsp3) is 0.167. The molecule has 116 valence electrons. The number of para-hydroxylation sites is 1. The number of ketones is 1. The second-order valence-electron chi connectivity index (χ2n) is 5.30. The molecule has 0 aliphatic rings. The molecule has 5 heteroatoms. The van der Waals surface area contributed by atoms with Crippen molar-refractivity contribution in [2.24, 2.45) is 0 Å². The third kappa shape index (κ3) is 3.63. The minimum atomic E-state index is -0.132. The number of benzene rings is 1. The Hall–Kier alpha value is -2.95. The smallest absolute Gasteiger partial charge is 0.220 e. The zero-order valence-electron chi connectivity index (χ0n) is 12.6. The Labute approximate surface area is 133 Å². The quantitative estimate of drug-likeness (QED) is 0.688. The number of carbonyl (C=O) groups is 2.